The van der Waals surface area contributed by atoms with Crippen molar-refractivity contribution >= 4 is 17.5 Å². The maximum atomic E-state index is 13.3. The van der Waals surface area contributed by atoms with Gasteiger partial charge in [-0.15, -0.1) is 0 Å². The molecule has 0 radical (unpaired) electrons. The molecule has 0 bridgehead atoms. The Hall–Kier alpha value is -3.08. The van der Waals surface area contributed by atoms with Crippen molar-refractivity contribution in [3.63, 3.8) is 0 Å². The Morgan fingerprint density at radius 3 is 2.18 bits per heavy atom. The molecule has 2 aromatic rings. The van der Waals surface area contributed by atoms with Crippen LogP contribution in [0.2, 0.25) is 0 Å². The van der Waals surface area contributed by atoms with Crippen molar-refractivity contribution in [2.45, 2.75) is 18.5 Å². The van der Waals surface area contributed by atoms with E-state index in [-0.39, 0.29) is 17.9 Å². The summed E-state index contributed by atoms with van der Waals surface area (Å²) in [4.78, 5) is 27.7. The number of hydrogen-bond donors (Lipinski definition) is 0. The average molecular weight is 376 g/mol. The summed E-state index contributed by atoms with van der Waals surface area (Å²) in [5, 5.41) is 13.2. The zero-order valence-corrected chi connectivity index (χ0v) is 15.0. The SMILES string of the molecule is N#Cc1ccc([C@@H]2[C@@H]3C(=O)N(c4ccc(F)cc4)C(=O)[C@@H]3N3CCCN23)cc1. The smallest absolute Gasteiger partial charge is 0.253 e. The number of carbonyl (C=O) groups is 2. The van der Waals surface area contributed by atoms with Crippen LogP contribution in [0.4, 0.5) is 10.1 Å². The monoisotopic (exact) mass is 376 g/mol. The summed E-state index contributed by atoms with van der Waals surface area (Å²) in [7, 11) is 0. The van der Waals surface area contributed by atoms with Gasteiger partial charge in [0.25, 0.3) is 5.91 Å². The fourth-order valence-corrected chi connectivity index (χ4v) is 4.71. The number of carbonyl (C=O) groups excluding carboxylic acids is 2. The van der Waals surface area contributed by atoms with Gasteiger partial charge in [0.2, 0.25) is 5.91 Å². The van der Waals surface area contributed by atoms with Crippen molar-refractivity contribution in [2.75, 3.05) is 18.0 Å². The maximum absolute atomic E-state index is 13.3. The molecule has 0 N–H and O–H groups in total. The van der Waals surface area contributed by atoms with E-state index in [1.807, 2.05) is 17.1 Å². The van der Waals surface area contributed by atoms with Gasteiger partial charge in [0.05, 0.1) is 29.3 Å². The summed E-state index contributed by atoms with van der Waals surface area (Å²) < 4.78 is 13.3. The molecule has 28 heavy (non-hydrogen) atoms. The number of hydrogen-bond acceptors (Lipinski definition) is 5. The number of fused-ring (bicyclic) bond motifs is 3. The van der Waals surface area contributed by atoms with Crippen LogP contribution in [0, 0.1) is 23.1 Å². The second-order valence-electron chi connectivity index (χ2n) is 7.32. The number of nitrogens with zero attached hydrogens (tertiary/aromatic N) is 4. The summed E-state index contributed by atoms with van der Waals surface area (Å²) in [6.45, 7) is 1.51. The molecule has 3 heterocycles. The Balaban J connectivity index is 1.56. The van der Waals surface area contributed by atoms with Gasteiger partial charge < -0.3 is 0 Å². The fourth-order valence-electron chi connectivity index (χ4n) is 4.71. The predicted octanol–water partition coefficient (Wildman–Crippen LogP) is 2.23. The van der Waals surface area contributed by atoms with Gasteiger partial charge >= 0.3 is 0 Å². The highest BCUT2D eigenvalue weighted by Gasteiger charge is 2.62. The highest BCUT2D eigenvalue weighted by molar-refractivity contribution is 6.24. The zero-order valence-electron chi connectivity index (χ0n) is 15.0. The van der Waals surface area contributed by atoms with Crippen molar-refractivity contribution in [2.24, 2.45) is 5.92 Å². The highest BCUT2D eigenvalue weighted by Crippen LogP contribution is 2.48. The highest BCUT2D eigenvalue weighted by atomic mass is 19.1. The Bertz CT molecular complexity index is 999. The van der Waals surface area contributed by atoms with E-state index in [1.165, 1.54) is 29.2 Å². The Labute approximate surface area is 161 Å². The van der Waals surface area contributed by atoms with E-state index in [2.05, 4.69) is 11.1 Å². The molecule has 3 aliphatic rings. The molecule has 6 nitrogen and oxygen atoms in total. The van der Waals surface area contributed by atoms with E-state index in [9.17, 15) is 14.0 Å². The quantitative estimate of drug-likeness (QED) is 0.752. The molecular weight excluding hydrogens is 359 g/mol. The first-order chi connectivity index (χ1) is 13.6. The molecule has 3 fully saturated rings. The first kappa shape index (κ1) is 17.0. The van der Waals surface area contributed by atoms with Crippen LogP contribution in [-0.2, 0) is 9.59 Å². The van der Waals surface area contributed by atoms with Gasteiger partial charge in [0.15, 0.2) is 0 Å². The minimum atomic E-state index is -0.541. The zero-order chi connectivity index (χ0) is 19.4. The maximum Gasteiger partial charge on any atom is 0.253 e. The molecule has 7 heteroatoms. The molecule has 0 aromatic heterocycles. The number of amides is 2. The summed E-state index contributed by atoms with van der Waals surface area (Å²) in [5.74, 6) is -1.45. The van der Waals surface area contributed by atoms with Crippen LogP contribution in [0.25, 0.3) is 0 Å². The number of benzene rings is 2. The van der Waals surface area contributed by atoms with Gasteiger partial charge in [0.1, 0.15) is 11.9 Å². The molecule has 0 unspecified atom stereocenters. The Morgan fingerprint density at radius 1 is 0.893 bits per heavy atom. The van der Waals surface area contributed by atoms with Gasteiger partial charge in [-0.25, -0.2) is 19.3 Å². The topological polar surface area (TPSA) is 67.6 Å². The lowest BCUT2D eigenvalue weighted by Gasteiger charge is -2.29. The molecule has 3 atom stereocenters. The van der Waals surface area contributed by atoms with Crippen molar-refractivity contribution in [1.82, 2.24) is 10.0 Å². The van der Waals surface area contributed by atoms with Crippen LogP contribution in [0.1, 0.15) is 23.6 Å². The van der Waals surface area contributed by atoms with Gasteiger partial charge in [-0.3, -0.25) is 9.59 Å². The third-order valence-corrected chi connectivity index (χ3v) is 5.87. The van der Waals surface area contributed by atoms with Gasteiger partial charge in [-0.05, 0) is 48.4 Å². The van der Waals surface area contributed by atoms with Crippen molar-refractivity contribution in [1.29, 1.82) is 5.26 Å². The summed E-state index contributed by atoms with van der Waals surface area (Å²) in [6.07, 6.45) is 0.925. The van der Waals surface area contributed by atoms with Crippen LogP contribution in [0.5, 0.6) is 0 Å². The molecule has 0 spiro atoms. The normalized spacial score (nSPS) is 27.1. The molecular formula is C21H17FN4O2. The summed E-state index contributed by atoms with van der Waals surface area (Å²) in [6, 6.07) is 13.9. The molecule has 2 amide bonds. The molecule has 3 saturated heterocycles. The Morgan fingerprint density at radius 2 is 1.54 bits per heavy atom. The molecule has 3 aliphatic heterocycles. The number of nitriles is 1. The van der Waals surface area contributed by atoms with Crippen LogP contribution >= 0.6 is 0 Å². The van der Waals surface area contributed by atoms with Crippen molar-refractivity contribution < 1.29 is 14.0 Å². The van der Waals surface area contributed by atoms with Gasteiger partial charge in [-0.1, -0.05) is 12.1 Å². The second-order valence-corrected chi connectivity index (χ2v) is 7.32. The average Bonchev–Trinajstić information content (AvgIpc) is 3.35. The molecule has 140 valence electrons. The van der Waals surface area contributed by atoms with Crippen LogP contribution < -0.4 is 4.90 Å². The minimum Gasteiger partial charge on any atom is -0.274 e. The lowest BCUT2D eigenvalue weighted by Crippen LogP contribution is -2.44. The van der Waals surface area contributed by atoms with Crippen LogP contribution in [-0.4, -0.2) is 41.0 Å². The van der Waals surface area contributed by atoms with Gasteiger partial charge in [-0.2, -0.15) is 5.26 Å². The van der Waals surface area contributed by atoms with E-state index in [0.29, 0.717) is 11.3 Å². The first-order valence-corrected chi connectivity index (χ1v) is 9.27. The largest absolute Gasteiger partial charge is 0.274 e. The van der Waals surface area contributed by atoms with E-state index >= 15 is 0 Å². The number of halogens is 1. The van der Waals surface area contributed by atoms with Crippen molar-refractivity contribution in [3.05, 3.63) is 65.5 Å². The summed E-state index contributed by atoms with van der Waals surface area (Å²) in [5.41, 5.74) is 1.87. The van der Waals surface area contributed by atoms with E-state index in [0.717, 1.165) is 25.1 Å². The number of rotatable bonds is 2. The lowest BCUT2D eigenvalue weighted by atomic mass is 9.89. The second kappa shape index (κ2) is 6.23. The van der Waals surface area contributed by atoms with E-state index < -0.39 is 17.8 Å². The molecule has 2 aromatic carbocycles. The first-order valence-electron chi connectivity index (χ1n) is 9.27. The van der Waals surface area contributed by atoms with Gasteiger partial charge in [0, 0.05) is 13.1 Å². The van der Waals surface area contributed by atoms with Crippen LogP contribution in [0.15, 0.2) is 48.5 Å². The lowest BCUT2D eigenvalue weighted by molar-refractivity contribution is -0.126. The fraction of sp³-hybridized carbons (Fsp3) is 0.286. The minimum absolute atomic E-state index is 0.248. The molecule has 0 aliphatic carbocycles. The standard InChI is InChI=1S/C21H17FN4O2/c22-15-6-8-16(9-7-15)26-20(27)17-18(14-4-2-13(12-23)3-5-14)24-10-1-11-25(24)19(17)21(26)28/h2-9,17-19H,1,10-11H2/t17-,18+,19+/m0/s1. The van der Waals surface area contributed by atoms with Crippen molar-refractivity contribution in [3.8, 4) is 6.07 Å². The molecule has 5 rings (SSSR count). The Kier molecular flexibility index (Phi) is 3.79. The summed E-state index contributed by atoms with van der Waals surface area (Å²) >= 11 is 0. The predicted molar refractivity (Wildman–Crippen MR) is 98.1 cm³/mol. The number of anilines is 1. The molecule has 0 saturated carbocycles. The third kappa shape index (κ3) is 2.32. The number of hydrazine groups is 1. The van der Waals surface area contributed by atoms with E-state index in [4.69, 9.17) is 5.26 Å². The van der Waals surface area contributed by atoms with E-state index in [1.54, 1.807) is 12.1 Å². The number of imide groups is 1. The third-order valence-electron chi connectivity index (χ3n) is 5.87. The van der Waals surface area contributed by atoms with Crippen LogP contribution in [0.3, 0.4) is 0 Å².